The van der Waals surface area contributed by atoms with E-state index in [2.05, 4.69) is 23.9 Å². The Morgan fingerprint density at radius 3 is 2.32 bits per heavy atom. The van der Waals surface area contributed by atoms with Crippen LogP contribution < -0.4 is 5.73 Å². The lowest BCUT2D eigenvalue weighted by atomic mass is 9.88. The van der Waals surface area contributed by atoms with Crippen LogP contribution in [0.1, 0.15) is 64.8 Å². The molecule has 1 aliphatic carbocycles. The van der Waals surface area contributed by atoms with E-state index in [0.717, 1.165) is 37.5 Å². The van der Waals surface area contributed by atoms with Gasteiger partial charge < -0.3 is 20.4 Å². The molecule has 6 heteroatoms. The van der Waals surface area contributed by atoms with Gasteiger partial charge in [0, 0.05) is 37.8 Å². The van der Waals surface area contributed by atoms with Gasteiger partial charge >= 0.3 is 0 Å². The van der Waals surface area contributed by atoms with Gasteiger partial charge in [0.2, 0.25) is 5.91 Å². The monoisotopic (exact) mass is 384 g/mol. The summed E-state index contributed by atoms with van der Waals surface area (Å²) in [5.74, 6) is -0.537. The van der Waals surface area contributed by atoms with Gasteiger partial charge in [-0.3, -0.25) is 9.59 Å². The van der Waals surface area contributed by atoms with E-state index in [1.54, 1.807) is 6.07 Å². The second-order valence-electron chi connectivity index (χ2n) is 8.83. The van der Waals surface area contributed by atoms with E-state index >= 15 is 0 Å². The van der Waals surface area contributed by atoms with E-state index in [4.69, 9.17) is 5.73 Å². The third kappa shape index (κ3) is 3.55. The lowest BCUT2D eigenvalue weighted by Crippen LogP contribution is -2.50. The Balaban J connectivity index is 1.36. The van der Waals surface area contributed by atoms with Crippen LogP contribution in [0.5, 0.6) is 0 Å². The quantitative estimate of drug-likeness (QED) is 0.863. The lowest BCUT2D eigenvalue weighted by Gasteiger charge is -2.43. The van der Waals surface area contributed by atoms with Crippen molar-refractivity contribution in [3.05, 3.63) is 34.9 Å². The van der Waals surface area contributed by atoms with Gasteiger partial charge in [-0.1, -0.05) is 12.1 Å². The molecule has 2 heterocycles. The first-order valence-corrected chi connectivity index (χ1v) is 10.6. The first-order chi connectivity index (χ1) is 13.5. The van der Waals surface area contributed by atoms with Crippen molar-refractivity contribution in [1.82, 2.24) is 14.7 Å². The number of nitrogens with two attached hydrogens (primary N) is 1. The predicted octanol–water partition coefficient (Wildman–Crippen LogP) is 2.08. The summed E-state index contributed by atoms with van der Waals surface area (Å²) in [5.41, 5.74) is 7.31. The summed E-state index contributed by atoms with van der Waals surface area (Å²) in [6, 6.07) is 7.12. The lowest BCUT2D eigenvalue weighted by molar-refractivity contribution is 0.0465. The predicted molar refractivity (Wildman–Crippen MR) is 109 cm³/mol. The van der Waals surface area contributed by atoms with Crippen molar-refractivity contribution in [3.63, 3.8) is 0 Å². The van der Waals surface area contributed by atoms with E-state index in [1.165, 1.54) is 25.7 Å². The van der Waals surface area contributed by atoms with Crippen LogP contribution in [0, 0.1) is 0 Å². The molecule has 28 heavy (non-hydrogen) atoms. The molecule has 0 aromatic heterocycles. The molecule has 2 N–H and O–H groups in total. The van der Waals surface area contributed by atoms with Crippen LogP contribution in [-0.2, 0) is 6.54 Å². The number of rotatable bonds is 4. The Morgan fingerprint density at radius 2 is 1.71 bits per heavy atom. The van der Waals surface area contributed by atoms with Crippen LogP contribution in [-0.4, -0.2) is 71.8 Å². The maximum Gasteiger partial charge on any atom is 0.255 e. The van der Waals surface area contributed by atoms with Gasteiger partial charge in [0.05, 0.1) is 11.1 Å². The number of fused-ring (bicyclic) bond motifs is 1. The Labute approximate surface area is 167 Å². The standard InChI is InChI=1S/C22H32N4O2/c1-24(2)16-6-8-17(9-7-16)25-12-10-18(11-13-25)26-14-15-4-3-5-19(21(23)27)20(15)22(26)28/h3-5,16-18H,6-14H2,1-2H3,(H2,23,27). The fourth-order valence-electron chi connectivity index (χ4n) is 5.39. The maximum absolute atomic E-state index is 13.0. The van der Waals surface area contributed by atoms with Gasteiger partial charge in [0.15, 0.2) is 0 Å². The van der Waals surface area contributed by atoms with Crippen molar-refractivity contribution in [2.24, 2.45) is 5.73 Å². The molecule has 2 aliphatic heterocycles. The molecule has 0 spiro atoms. The molecule has 2 fully saturated rings. The highest BCUT2D eigenvalue weighted by atomic mass is 16.2. The van der Waals surface area contributed by atoms with E-state index in [9.17, 15) is 9.59 Å². The van der Waals surface area contributed by atoms with Gasteiger partial charge in [0.1, 0.15) is 0 Å². The second-order valence-corrected chi connectivity index (χ2v) is 8.83. The minimum atomic E-state index is -0.518. The molecule has 3 aliphatic rings. The summed E-state index contributed by atoms with van der Waals surface area (Å²) in [4.78, 5) is 31.7. The summed E-state index contributed by atoms with van der Waals surface area (Å²) in [6.07, 6.45) is 7.16. The molecule has 1 aromatic carbocycles. The molecule has 1 aromatic rings. The zero-order chi connectivity index (χ0) is 19.8. The smallest absolute Gasteiger partial charge is 0.255 e. The van der Waals surface area contributed by atoms with Gasteiger partial charge in [0.25, 0.3) is 5.91 Å². The largest absolute Gasteiger partial charge is 0.366 e. The Kier molecular flexibility index (Phi) is 5.43. The zero-order valence-corrected chi connectivity index (χ0v) is 17.1. The van der Waals surface area contributed by atoms with E-state index < -0.39 is 5.91 Å². The summed E-state index contributed by atoms with van der Waals surface area (Å²) in [5, 5.41) is 0. The van der Waals surface area contributed by atoms with E-state index in [-0.39, 0.29) is 11.9 Å². The number of carbonyl (C=O) groups is 2. The molecule has 0 bridgehead atoms. The molecular weight excluding hydrogens is 352 g/mol. The minimum absolute atomic E-state index is 0.0191. The number of benzene rings is 1. The second kappa shape index (κ2) is 7.84. The van der Waals surface area contributed by atoms with Crippen LogP contribution in [0.25, 0.3) is 0 Å². The van der Waals surface area contributed by atoms with Crippen molar-refractivity contribution in [2.45, 2.75) is 63.2 Å². The van der Waals surface area contributed by atoms with Gasteiger partial charge in [-0.15, -0.1) is 0 Å². The fourth-order valence-corrected chi connectivity index (χ4v) is 5.39. The van der Waals surface area contributed by atoms with Crippen LogP contribution in [0.4, 0.5) is 0 Å². The van der Waals surface area contributed by atoms with Crippen LogP contribution in [0.15, 0.2) is 18.2 Å². The number of likely N-dealkylation sites (tertiary alicyclic amines) is 1. The van der Waals surface area contributed by atoms with Crippen molar-refractivity contribution in [2.75, 3.05) is 27.2 Å². The number of carbonyl (C=O) groups excluding carboxylic acids is 2. The van der Waals surface area contributed by atoms with Crippen molar-refractivity contribution in [3.8, 4) is 0 Å². The van der Waals surface area contributed by atoms with Crippen LogP contribution in [0.3, 0.4) is 0 Å². The topological polar surface area (TPSA) is 69.9 Å². The summed E-state index contributed by atoms with van der Waals surface area (Å²) in [7, 11) is 4.37. The molecule has 0 radical (unpaired) electrons. The van der Waals surface area contributed by atoms with Gasteiger partial charge in [-0.05, 0) is 64.3 Å². The number of nitrogens with zero attached hydrogens (tertiary/aromatic N) is 3. The SMILES string of the molecule is CN(C)C1CCC(N2CCC(N3Cc4cccc(C(N)=O)c4C3=O)CC2)CC1. The number of primary amides is 1. The van der Waals surface area contributed by atoms with Crippen LogP contribution >= 0.6 is 0 Å². The van der Waals surface area contributed by atoms with E-state index in [1.807, 2.05) is 17.0 Å². The molecule has 152 valence electrons. The van der Waals surface area contributed by atoms with Crippen molar-refractivity contribution in [1.29, 1.82) is 0 Å². The first kappa shape index (κ1) is 19.4. The average molecular weight is 385 g/mol. The normalized spacial score (nSPS) is 26.7. The average Bonchev–Trinajstić information content (AvgIpc) is 3.05. The molecular formula is C22H32N4O2. The Bertz CT molecular complexity index is 747. The van der Waals surface area contributed by atoms with Gasteiger partial charge in [-0.25, -0.2) is 0 Å². The third-order valence-corrected chi connectivity index (χ3v) is 7.08. The third-order valence-electron chi connectivity index (χ3n) is 7.08. The molecule has 4 rings (SSSR count). The number of hydrogen-bond donors (Lipinski definition) is 1. The first-order valence-electron chi connectivity index (χ1n) is 10.6. The maximum atomic E-state index is 13.0. The molecule has 0 atom stereocenters. The number of amides is 2. The Morgan fingerprint density at radius 1 is 1.04 bits per heavy atom. The van der Waals surface area contributed by atoms with E-state index in [0.29, 0.717) is 23.7 Å². The van der Waals surface area contributed by atoms with Crippen molar-refractivity contribution < 1.29 is 9.59 Å². The van der Waals surface area contributed by atoms with Crippen LogP contribution in [0.2, 0.25) is 0 Å². The fraction of sp³-hybridized carbons (Fsp3) is 0.636. The zero-order valence-electron chi connectivity index (χ0n) is 17.1. The number of hydrogen-bond acceptors (Lipinski definition) is 4. The Hall–Kier alpha value is -1.92. The molecule has 6 nitrogen and oxygen atoms in total. The number of piperidine rings is 1. The highest BCUT2D eigenvalue weighted by molar-refractivity contribution is 6.09. The highest BCUT2D eigenvalue weighted by Gasteiger charge is 2.38. The summed E-state index contributed by atoms with van der Waals surface area (Å²) < 4.78 is 0. The molecule has 1 saturated carbocycles. The highest BCUT2D eigenvalue weighted by Crippen LogP contribution is 2.32. The molecule has 2 amide bonds. The molecule has 0 unspecified atom stereocenters. The van der Waals surface area contributed by atoms with Gasteiger partial charge in [-0.2, -0.15) is 0 Å². The minimum Gasteiger partial charge on any atom is -0.366 e. The van der Waals surface area contributed by atoms with Crippen molar-refractivity contribution >= 4 is 11.8 Å². The molecule has 1 saturated heterocycles. The summed E-state index contributed by atoms with van der Waals surface area (Å²) in [6.45, 7) is 2.73. The summed E-state index contributed by atoms with van der Waals surface area (Å²) >= 11 is 0.